The number of rotatable bonds is 3. The fourth-order valence-electron chi connectivity index (χ4n) is 3.59. The summed E-state index contributed by atoms with van der Waals surface area (Å²) in [6, 6.07) is 5.65. The summed E-state index contributed by atoms with van der Waals surface area (Å²) in [6.07, 6.45) is 1.61. The zero-order valence-corrected chi connectivity index (χ0v) is 17.4. The van der Waals surface area contributed by atoms with Gasteiger partial charge in [-0.05, 0) is 17.5 Å². The van der Waals surface area contributed by atoms with Crippen molar-refractivity contribution in [2.45, 2.75) is 0 Å². The number of halogens is 5. The maximum absolute atomic E-state index is 14.0. The van der Waals surface area contributed by atoms with Crippen molar-refractivity contribution in [2.75, 3.05) is 31.1 Å². The minimum Gasteiger partial charge on any atom is -0.336 e. The lowest BCUT2D eigenvalue weighted by atomic mass is 10.1. The summed E-state index contributed by atoms with van der Waals surface area (Å²) in [4.78, 5) is 24.9. The van der Waals surface area contributed by atoms with E-state index in [2.05, 4.69) is 15.1 Å². The molecule has 1 aromatic carbocycles. The first kappa shape index (κ1) is 21.2. The number of piperazine rings is 1. The van der Waals surface area contributed by atoms with Crippen molar-refractivity contribution in [1.82, 2.24) is 24.5 Å². The molecule has 0 unspecified atom stereocenters. The molecule has 0 spiro atoms. The summed E-state index contributed by atoms with van der Waals surface area (Å²) < 4.78 is 69.9. The van der Waals surface area contributed by atoms with E-state index >= 15 is 0 Å². The Hall–Kier alpha value is -3.61. The molecule has 1 saturated heterocycles. The summed E-state index contributed by atoms with van der Waals surface area (Å²) in [6.45, 7) is 0.316. The molecule has 13 heteroatoms. The van der Waals surface area contributed by atoms with Crippen LogP contribution in [0.3, 0.4) is 0 Å². The molecule has 170 valence electrons. The Kier molecular flexibility index (Phi) is 5.19. The smallest absolute Gasteiger partial charge is 0.260 e. The second-order valence-electron chi connectivity index (χ2n) is 7.16. The van der Waals surface area contributed by atoms with Crippen LogP contribution < -0.4 is 4.90 Å². The number of aromatic nitrogens is 4. The zero-order valence-electron chi connectivity index (χ0n) is 16.6. The van der Waals surface area contributed by atoms with Gasteiger partial charge in [-0.1, -0.05) is 6.07 Å². The van der Waals surface area contributed by atoms with Crippen LogP contribution in [0.1, 0.15) is 10.4 Å². The average molecular weight is 480 g/mol. The summed E-state index contributed by atoms with van der Waals surface area (Å²) in [5.74, 6) is -11.5. The van der Waals surface area contributed by atoms with Crippen LogP contribution >= 0.6 is 11.3 Å². The largest absolute Gasteiger partial charge is 0.336 e. The Morgan fingerprint density at radius 3 is 2.21 bits per heavy atom. The molecule has 1 aliphatic rings. The van der Waals surface area contributed by atoms with Gasteiger partial charge in [0, 0.05) is 32.4 Å². The first-order valence-corrected chi connectivity index (χ1v) is 10.6. The zero-order chi connectivity index (χ0) is 23.3. The second-order valence-corrected chi connectivity index (χ2v) is 8.10. The number of nitrogens with zero attached hydrogens (tertiary/aromatic N) is 6. The van der Waals surface area contributed by atoms with Crippen LogP contribution in [0.2, 0.25) is 0 Å². The Balaban J connectivity index is 1.37. The number of carbonyl (C=O) groups excluding carboxylic acids is 1. The fourth-order valence-corrected chi connectivity index (χ4v) is 4.32. The minimum absolute atomic E-state index is 0.0287. The van der Waals surface area contributed by atoms with Gasteiger partial charge in [0.1, 0.15) is 5.56 Å². The highest BCUT2D eigenvalue weighted by Crippen LogP contribution is 2.27. The number of fused-ring (bicyclic) bond motifs is 1. The van der Waals surface area contributed by atoms with Crippen molar-refractivity contribution in [3.8, 4) is 10.6 Å². The number of anilines is 1. The molecule has 33 heavy (non-hydrogen) atoms. The molecule has 0 saturated carbocycles. The van der Waals surface area contributed by atoms with Gasteiger partial charge >= 0.3 is 0 Å². The molecular weight excluding hydrogens is 467 g/mol. The average Bonchev–Trinajstić information content (AvgIpc) is 3.51. The lowest BCUT2D eigenvalue weighted by Crippen LogP contribution is -2.49. The number of carbonyl (C=O) groups is 1. The Labute approximate surface area is 186 Å². The van der Waals surface area contributed by atoms with Crippen LogP contribution in [0, 0.1) is 29.1 Å². The Bertz CT molecular complexity index is 1340. The lowest BCUT2D eigenvalue weighted by Gasteiger charge is -2.34. The number of benzene rings is 1. The van der Waals surface area contributed by atoms with Crippen molar-refractivity contribution in [3.05, 3.63) is 64.4 Å². The van der Waals surface area contributed by atoms with Crippen LogP contribution in [0.4, 0.5) is 27.9 Å². The quantitative estimate of drug-likeness (QED) is 0.255. The highest BCUT2D eigenvalue weighted by molar-refractivity contribution is 7.13. The van der Waals surface area contributed by atoms with E-state index in [0.29, 0.717) is 11.7 Å². The lowest BCUT2D eigenvalue weighted by molar-refractivity contribution is 0.0733. The highest BCUT2D eigenvalue weighted by Gasteiger charge is 2.33. The molecule has 3 aromatic heterocycles. The SMILES string of the molecule is O=C(c1c(F)c(F)c(F)c(F)c1F)N1CCN(c2nc3nccc(-c4cccs4)n3n2)CC1. The van der Waals surface area contributed by atoms with Gasteiger partial charge in [-0.2, -0.15) is 9.50 Å². The summed E-state index contributed by atoms with van der Waals surface area (Å²) in [5, 5.41) is 6.42. The molecule has 1 amide bonds. The molecule has 1 aliphatic heterocycles. The van der Waals surface area contributed by atoms with Crippen LogP contribution in [-0.2, 0) is 0 Å². The van der Waals surface area contributed by atoms with Crippen LogP contribution in [0.5, 0.6) is 0 Å². The summed E-state index contributed by atoms with van der Waals surface area (Å²) in [7, 11) is 0. The molecule has 0 aliphatic carbocycles. The normalized spacial score (nSPS) is 14.3. The highest BCUT2D eigenvalue weighted by atomic mass is 32.1. The molecule has 0 radical (unpaired) electrons. The first-order valence-electron chi connectivity index (χ1n) is 9.68. The molecular formula is C20H13F5N6OS. The van der Waals surface area contributed by atoms with Gasteiger partial charge in [0.25, 0.3) is 11.7 Å². The maximum atomic E-state index is 14.0. The molecule has 1 fully saturated rings. The Morgan fingerprint density at radius 1 is 0.909 bits per heavy atom. The number of hydrogen-bond acceptors (Lipinski definition) is 6. The molecule has 0 atom stereocenters. The first-order chi connectivity index (χ1) is 15.9. The minimum atomic E-state index is -2.31. The molecule has 4 heterocycles. The topological polar surface area (TPSA) is 66.6 Å². The van der Waals surface area contributed by atoms with Crippen molar-refractivity contribution in [2.24, 2.45) is 0 Å². The number of thiophene rings is 1. The van der Waals surface area contributed by atoms with E-state index in [1.165, 1.54) is 11.3 Å². The molecule has 5 rings (SSSR count). The van der Waals surface area contributed by atoms with E-state index in [1.807, 2.05) is 17.5 Å². The van der Waals surface area contributed by atoms with Gasteiger partial charge in [0.15, 0.2) is 23.3 Å². The third kappa shape index (κ3) is 3.48. The maximum Gasteiger partial charge on any atom is 0.260 e. The molecule has 0 N–H and O–H groups in total. The van der Waals surface area contributed by atoms with Gasteiger partial charge in [-0.15, -0.1) is 16.4 Å². The van der Waals surface area contributed by atoms with E-state index in [0.717, 1.165) is 15.5 Å². The van der Waals surface area contributed by atoms with Crippen molar-refractivity contribution >= 4 is 29.0 Å². The van der Waals surface area contributed by atoms with E-state index in [9.17, 15) is 26.7 Å². The number of amides is 1. The number of hydrogen-bond donors (Lipinski definition) is 0. The monoisotopic (exact) mass is 480 g/mol. The van der Waals surface area contributed by atoms with Crippen molar-refractivity contribution in [1.29, 1.82) is 0 Å². The summed E-state index contributed by atoms with van der Waals surface area (Å²) in [5.41, 5.74) is -0.663. The predicted molar refractivity (Wildman–Crippen MR) is 108 cm³/mol. The third-order valence-corrected chi connectivity index (χ3v) is 6.17. The van der Waals surface area contributed by atoms with Crippen LogP contribution in [-0.4, -0.2) is 56.6 Å². The fraction of sp³-hybridized carbons (Fsp3) is 0.200. The van der Waals surface area contributed by atoms with Gasteiger partial charge in [-0.25, -0.2) is 26.9 Å². The summed E-state index contributed by atoms with van der Waals surface area (Å²) >= 11 is 1.53. The molecule has 0 bridgehead atoms. The van der Waals surface area contributed by atoms with E-state index in [1.54, 1.807) is 21.7 Å². The van der Waals surface area contributed by atoms with E-state index in [-0.39, 0.29) is 26.2 Å². The van der Waals surface area contributed by atoms with Gasteiger partial charge in [0.2, 0.25) is 11.8 Å². The van der Waals surface area contributed by atoms with Crippen molar-refractivity contribution < 1.29 is 26.7 Å². The van der Waals surface area contributed by atoms with E-state index < -0.39 is 40.6 Å². The standard InChI is InChI=1S/C20H13F5N6OS/c21-13-12(14(22)16(24)17(25)15(13)23)18(32)29-5-7-30(8-6-29)20-27-19-26-4-3-10(31(19)28-20)11-2-1-9-33-11/h1-4,9H,5-8H2. The Morgan fingerprint density at radius 2 is 1.58 bits per heavy atom. The van der Waals surface area contributed by atoms with Crippen LogP contribution in [0.15, 0.2) is 29.8 Å². The molecule has 4 aromatic rings. The third-order valence-electron chi connectivity index (χ3n) is 5.28. The van der Waals surface area contributed by atoms with Crippen LogP contribution in [0.25, 0.3) is 16.3 Å². The van der Waals surface area contributed by atoms with Crippen molar-refractivity contribution in [3.63, 3.8) is 0 Å². The van der Waals surface area contributed by atoms with E-state index in [4.69, 9.17) is 0 Å². The molecule has 7 nitrogen and oxygen atoms in total. The van der Waals surface area contributed by atoms with Gasteiger partial charge in [0.05, 0.1) is 10.6 Å². The van der Waals surface area contributed by atoms with Gasteiger partial charge in [-0.3, -0.25) is 4.79 Å². The second kappa shape index (κ2) is 8.06. The predicted octanol–water partition coefficient (Wildman–Crippen LogP) is 3.51. The van der Waals surface area contributed by atoms with Gasteiger partial charge < -0.3 is 9.80 Å².